The fraction of sp³-hybridized carbons (Fsp3) is 0.643. The molecule has 0 amide bonds. The van der Waals surface area contributed by atoms with Crippen LogP contribution in [0.4, 0.5) is 5.82 Å². The third kappa shape index (κ3) is 5.78. The first-order valence-corrected chi connectivity index (χ1v) is 14.6. The van der Waals surface area contributed by atoms with E-state index in [9.17, 15) is 40.7 Å². The van der Waals surface area contributed by atoms with E-state index >= 15 is 0 Å². The van der Waals surface area contributed by atoms with Gasteiger partial charge in [-0.25, -0.2) is 15.0 Å². The number of anilines is 1. The van der Waals surface area contributed by atoms with Crippen molar-refractivity contribution in [3.8, 4) is 0 Å². The van der Waals surface area contributed by atoms with E-state index in [0.717, 1.165) is 17.2 Å². The number of hydrogen-bond donors (Lipinski definition) is 4. The van der Waals surface area contributed by atoms with Crippen molar-refractivity contribution in [2.24, 2.45) is 0 Å². The summed E-state index contributed by atoms with van der Waals surface area (Å²) in [6.45, 7) is 0. The zero-order chi connectivity index (χ0) is 25.6. The predicted molar refractivity (Wildman–Crippen MR) is 111 cm³/mol. The highest BCUT2D eigenvalue weighted by molar-refractivity contribution is 7.86. The van der Waals surface area contributed by atoms with Crippen LogP contribution in [0.25, 0.3) is 11.2 Å². The van der Waals surface area contributed by atoms with E-state index in [-0.39, 0.29) is 17.0 Å². The number of aliphatic hydroxyl groups is 2. The van der Waals surface area contributed by atoms with Crippen LogP contribution in [-0.4, -0.2) is 109 Å². The zero-order valence-electron chi connectivity index (χ0n) is 17.6. The summed E-state index contributed by atoms with van der Waals surface area (Å²) in [6.07, 6.45) is -6.52. The van der Waals surface area contributed by atoms with E-state index in [2.05, 4.69) is 15.0 Å². The Kier molecular flexibility index (Phi) is 7.19. The molecule has 34 heavy (non-hydrogen) atoms. The Balaban J connectivity index is 2.22. The van der Waals surface area contributed by atoms with E-state index in [4.69, 9.17) is 12.5 Å². The molecular weight excluding hydrogens is 526 g/mol. The van der Waals surface area contributed by atoms with Gasteiger partial charge in [0.15, 0.2) is 17.0 Å². The van der Waals surface area contributed by atoms with Crippen molar-refractivity contribution >= 4 is 47.3 Å². The Morgan fingerprint density at radius 1 is 0.824 bits per heavy atom. The van der Waals surface area contributed by atoms with Crippen LogP contribution in [0.3, 0.4) is 0 Å². The van der Waals surface area contributed by atoms with E-state index in [1.54, 1.807) is 5.48 Å². The number of fused-ring (bicyclic) bond motifs is 1. The van der Waals surface area contributed by atoms with Gasteiger partial charge in [0.05, 0.1) is 31.1 Å². The first-order valence-electron chi connectivity index (χ1n) is 9.11. The molecule has 2 unspecified atom stereocenters. The van der Waals surface area contributed by atoms with Gasteiger partial charge < -0.3 is 14.8 Å². The lowest BCUT2D eigenvalue weighted by Gasteiger charge is -2.45. The minimum Gasteiger partial charge on any atom is -0.388 e. The SMILES string of the molecule is CS(=O)(=O)OC1[C@@H](OS(C)(=O)=O)[C@@H](O)C(n2cnc3c(NO)ncnc32)[C@@H](O)[C@H]1OS(C)(=O)=O. The molecule has 0 bridgehead atoms. The Morgan fingerprint density at radius 3 is 1.74 bits per heavy atom. The third-order valence-electron chi connectivity index (χ3n) is 4.66. The standard InChI is InChI=1S/C14H21N5O12S3/c1-32(23,24)29-10-8(20)7(19-5-17-6-13(18-22)15-4-16-14(6)19)9(21)11(30-33(2,25)26)12(10)31-34(3,27)28/h4-5,7-12,20-22H,1-3H3,(H,15,16,18)/t7?,8-,9+,10-,11+,12?. The molecule has 1 saturated carbocycles. The van der Waals surface area contributed by atoms with Gasteiger partial charge in [-0.2, -0.15) is 25.3 Å². The Morgan fingerprint density at radius 2 is 1.29 bits per heavy atom. The van der Waals surface area contributed by atoms with Crippen molar-refractivity contribution in [3.05, 3.63) is 12.7 Å². The van der Waals surface area contributed by atoms with Crippen LogP contribution in [0.5, 0.6) is 0 Å². The van der Waals surface area contributed by atoms with Gasteiger partial charge in [-0.1, -0.05) is 0 Å². The number of aliphatic hydroxyl groups excluding tert-OH is 2. The predicted octanol–water partition coefficient (Wildman–Crippen LogP) is -3.06. The Bertz CT molecular complexity index is 1330. The Hall–Kier alpha value is -2.04. The summed E-state index contributed by atoms with van der Waals surface area (Å²) in [5.41, 5.74) is 1.64. The van der Waals surface area contributed by atoms with Crippen LogP contribution in [-0.2, 0) is 42.9 Å². The number of aromatic nitrogens is 4. The fourth-order valence-corrected chi connectivity index (χ4v) is 5.46. The molecule has 2 aromatic heterocycles. The second-order valence-electron chi connectivity index (χ2n) is 7.42. The molecule has 17 nitrogen and oxygen atoms in total. The molecule has 4 N–H and O–H groups in total. The molecular formula is C14H21N5O12S3. The van der Waals surface area contributed by atoms with Crippen molar-refractivity contribution in [1.82, 2.24) is 19.5 Å². The summed E-state index contributed by atoms with van der Waals surface area (Å²) < 4.78 is 86.7. The van der Waals surface area contributed by atoms with E-state index in [1.807, 2.05) is 0 Å². The molecule has 2 aromatic rings. The van der Waals surface area contributed by atoms with Crippen LogP contribution < -0.4 is 5.48 Å². The lowest BCUT2D eigenvalue weighted by atomic mass is 9.83. The van der Waals surface area contributed by atoms with Crippen LogP contribution >= 0.6 is 0 Å². The molecule has 2 heterocycles. The molecule has 0 aliphatic heterocycles. The van der Waals surface area contributed by atoms with E-state index in [0.29, 0.717) is 18.8 Å². The van der Waals surface area contributed by atoms with Crippen LogP contribution in [0, 0.1) is 0 Å². The number of nitrogens with one attached hydrogen (secondary N) is 1. The van der Waals surface area contributed by atoms with Gasteiger partial charge >= 0.3 is 0 Å². The average Bonchev–Trinajstić information content (AvgIpc) is 3.09. The highest BCUT2D eigenvalue weighted by atomic mass is 32.2. The first-order chi connectivity index (χ1) is 15.5. The van der Waals surface area contributed by atoms with Crippen molar-refractivity contribution in [2.75, 3.05) is 24.2 Å². The van der Waals surface area contributed by atoms with Crippen LogP contribution in [0.15, 0.2) is 12.7 Å². The second-order valence-corrected chi connectivity index (χ2v) is 12.2. The molecule has 0 aromatic carbocycles. The maximum absolute atomic E-state index is 11.9. The number of rotatable bonds is 8. The van der Waals surface area contributed by atoms with Crippen LogP contribution in [0.2, 0.25) is 0 Å². The molecule has 192 valence electrons. The quantitative estimate of drug-likeness (QED) is 0.189. The number of nitrogens with zero attached hydrogens (tertiary/aromatic N) is 4. The monoisotopic (exact) mass is 547 g/mol. The van der Waals surface area contributed by atoms with Crippen molar-refractivity contribution in [1.29, 1.82) is 0 Å². The van der Waals surface area contributed by atoms with Crippen molar-refractivity contribution < 1.29 is 53.2 Å². The zero-order valence-corrected chi connectivity index (χ0v) is 20.1. The van der Waals surface area contributed by atoms with Gasteiger partial charge in [0, 0.05) is 0 Å². The van der Waals surface area contributed by atoms with Gasteiger partial charge in [-0.15, -0.1) is 0 Å². The summed E-state index contributed by atoms with van der Waals surface area (Å²) in [4.78, 5) is 11.6. The van der Waals surface area contributed by atoms with E-state index in [1.165, 1.54) is 0 Å². The number of hydrogen-bond acceptors (Lipinski definition) is 16. The molecule has 0 spiro atoms. The van der Waals surface area contributed by atoms with Gasteiger partial charge in [-0.3, -0.25) is 23.2 Å². The third-order valence-corrected chi connectivity index (χ3v) is 6.38. The lowest BCUT2D eigenvalue weighted by molar-refractivity contribution is -0.172. The summed E-state index contributed by atoms with van der Waals surface area (Å²) in [7, 11) is -13.2. The molecule has 20 heteroatoms. The molecule has 3 rings (SSSR count). The topological polar surface area (TPSA) is 246 Å². The second kappa shape index (κ2) is 9.20. The fourth-order valence-electron chi connectivity index (χ4n) is 3.59. The van der Waals surface area contributed by atoms with Gasteiger partial charge in [0.25, 0.3) is 30.4 Å². The molecule has 6 atom stereocenters. The minimum absolute atomic E-state index is 0.0416. The Labute approximate surface area is 193 Å². The maximum Gasteiger partial charge on any atom is 0.264 e. The lowest BCUT2D eigenvalue weighted by Crippen LogP contribution is -2.64. The normalized spacial score (nSPS) is 28.8. The molecule has 1 fully saturated rings. The summed E-state index contributed by atoms with van der Waals surface area (Å²) >= 11 is 0. The summed E-state index contributed by atoms with van der Waals surface area (Å²) in [6, 6.07) is -1.65. The van der Waals surface area contributed by atoms with Gasteiger partial charge in [0.1, 0.15) is 36.8 Å². The molecule has 1 aliphatic rings. The van der Waals surface area contributed by atoms with Crippen molar-refractivity contribution in [3.63, 3.8) is 0 Å². The highest BCUT2D eigenvalue weighted by Crippen LogP contribution is 2.38. The smallest absolute Gasteiger partial charge is 0.264 e. The van der Waals surface area contributed by atoms with Gasteiger partial charge in [-0.05, 0) is 0 Å². The maximum atomic E-state index is 11.9. The molecule has 0 saturated heterocycles. The molecule has 0 radical (unpaired) electrons. The summed E-state index contributed by atoms with van der Waals surface area (Å²) in [5, 5.41) is 31.2. The van der Waals surface area contributed by atoms with Crippen molar-refractivity contribution in [2.45, 2.75) is 36.6 Å². The first kappa shape index (κ1) is 26.6. The largest absolute Gasteiger partial charge is 0.388 e. The van der Waals surface area contributed by atoms with Gasteiger partial charge in [0.2, 0.25) is 0 Å². The summed E-state index contributed by atoms with van der Waals surface area (Å²) in [5.74, 6) is -0.158. The minimum atomic E-state index is -4.41. The van der Waals surface area contributed by atoms with E-state index < -0.39 is 66.9 Å². The highest BCUT2D eigenvalue weighted by Gasteiger charge is 2.56. The molecule has 1 aliphatic carbocycles. The number of imidazole rings is 1. The average molecular weight is 548 g/mol. The van der Waals surface area contributed by atoms with Crippen LogP contribution in [0.1, 0.15) is 6.04 Å².